The molecule has 0 amide bonds. The van der Waals surface area contributed by atoms with E-state index in [1.54, 1.807) is 26.4 Å². The molecule has 3 aromatic carbocycles. The summed E-state index contributed by atoms with van der Waals surface area (Å²) in [6.45, 7) is 3.78. The van der Waals surface area contributed by atoms with Crippen molar-refractivity contribution in [2.45, 2.75) is 0 Å². The Balaban J connectivity index is 2.20. The Kier molecular flexibility index (Phi) is 5.80. The normalized spacial score (nSPS) is 10.2. The quantitative estimate of drug-likeness (QED) is 0.537. The number of hydrogen-bond donors (Lipinski definition) is 0. The van der Waals surface area contributed by atoms with E-state index in [1.807, 2.05) is 54.6 Å². The van der Waals surface area contributed by atoms with Gasteiger partial charge in [-0.05, 0) is 52.6 Å². The molecule has 0 saturated heterocycles. The molecule has 0 spiro atoms. The van der Waals surface area contributed by atoms with E-state index in [4.69, 9.17) is 14.2 Å². The van der Waals surface area contributed by atoms with Crippen molar-refractivity contribution < 1.29 is 19.0 Å². The molecule has 0 unspecified atom stereocenters. The Morgan fingerprint density at radius 3 is 2.14 bits per heavy atom. The zero-order chi connectivity index (χ0) is 20.1. The van der Waals surface area contributed by atoms with Crippen LogP contribution < -0.4 is 9.47 Å². The van der Waals surface area contributed by atoms with Crippen LogP contribution in [0.2, 0.25) is 0 Å². The van der Waals surface area contributed by atoms with Crippen LogP contribution >= 0.6 is 0 Å². The van der Waals surface area contributed by atoms with Gasteiger partial charge in [-0.3, -0.25) is 0 Å². The van der Waals surface area contributed by atoms with Gasteiger partial charge in [0.1, 0.15) is 11.5 Å². The predicted molar refractivity (Wildman–Crippen MR) is 112 cm³/mol. The third-order valence-electron chi connectivity index (χ3n) is 4.60. The number of esters is 1. The first kappa shape index (κ1) is 19.2. The summed E-state index contributed by atoms with van der Waals surface area (Å²) in [5, 5.41) is 0. The first-order chi connectivity index (χ1) is 13.6. The molecule has 0 fully saturated rings. The highest BCUT2D eigenvalue weighted by Crippen LogP contribution is 2.37. The Morgan fingerprint density at radius 1 is 0.821 bits per heavy atom. The molecule has 4 heteroatoms. The first-order valence-electron chi connectivity index (χ1n) is 8.79. The van der Waals surface area contributed by atoms with Gasteiger partial charge in [0.15, 0.2) is 0 Å². The van der Waals surface area contributed by atoms with Gasteiger partial charge >= 0.3 is 5.97 Å². The van der Waals surface area contributed by atoms with E-state index in [-0.39, 0.29) is 5.97 Å². The summed E-state index contributed by atoms with van der Waals surface area (Å²) in [7, 11) is 4.63. The van der Waals surface area contributed by atoms with Gasteiger partial charge in [-0.1, -0.05) is 43.0 Å². The van der Waals surface area contributed by atoms with Gasteiger partial charge in [-0.25, -0.2) is 4.79 Å². The molecule has 3 aromatic rings. The lowest BCUT2D eigenvalue weighted by Gasteiger charge is -2.14. The molecule has 0 saturated carbocycles. The highest BCUT2D eigenvalue weighted by Gasteiger charge is 2.16. The largest absolute Gasteiger partial charge is 0.497 e. The summed E-state index contributed by atoms with van der Waals surface area (Å²) in [5.74, 6) is 1.07. The third-order valence-corrected chi connectivity index (χ3v) is 4.60. The van der Waals surface area contributed by atoms with E-state index in [2.05, 4.69) is 6.58 Å². The van der Waals surface area contributed by atoms with Gasteiger partial charge in [0.05, 0.1) is 26.9 Å². The maximum atomic E-state index is 12.3. The average Bonchev–Trinajstić information content (AvgIpc) is 2.77. The monoisotopic (exact) mass is 374 g/mol. The summed E-state index contributed by atoms with van der Waals surface area (Å²) < 4.78 is 15.8. The molecule has 3 rings (SSSR count). The van der Waals surface area contributed by atoms with Gasteiger partial charge in [-0.15, -0.1) is 0 Å². The zero-order valence-corrected chi connectivity index (χ0v) is 16.2. The fraction of sp³-hybridized carbons (Fsp3) is 0.125. The van der Waals surface area contributed by atoms with E-state index in [9.17, 15) is 4.79 Å². The first-order valence-corrected chi connectivity index (χ1v) is 8.79. The topological polar surface area (TPSA) is 44.8 Å². The van der Waals surface area contributed by atoms with Gasteiger partial charge in [-0.2, -0.15) is 0 Å². The van der Waals surface area contributed by atoms with E-state index in [1.165, 1.54) is 7.11 Å². The Morgan fingerprint density at radius 2 is 1.54 bits per heavy atom. The van der Waals surface area contributed by atoms with Crippen molar-refractivity contribution in [1.82, 2.24) is 0 Å². The standard InChI is InChI=1S/C24H22O4/c1-5-16-6-8-17(9-7-16)21-14-18(10-12-20(21)24(25)28-4)22-15-19(26-2)11-13-23(22)27-3/h5-15H,1H2,2-4H3. The average molecular weight is 374 g/mol. The number of rotatable bonds is 6. The number of ether oxygens (including phenoxy) is 3. The van der Waals surface area contributed by atoms with Crippen LogP contribution in [0.5, 0.6) is 11.5 Å². The fourth-order valence-electron chi connectivity index (χ4n) is 3.08. The van der Waals surface area contributed by atoms with E-state index < -0.39 is 0 Å². The predicted octanol–water partition coefficient (Wildman–Crippen LogP) is 5.47. The Labute approximate surface area is 165 Å². The molecule has 28 heavy (non-hydrogen) atoms. The third kappa shape index (κ3) is 3.76. The van der Waals surface area contributed by atoms with Crippen molar-refractivity contribution in [1.29, 1.82) is 0 Å². The number of benzene rings is 3. The molecule has 0 aliphatic heterocycles. The van der Waals surface area contributed by atoms with E-state index >= 15 is 0 Å². The SMILES string of the molecule is C=Cc1ccc(-c2cc(-c3cc(OC)ccc3OC)ccc2C(=O)OC)cc1. The summed E-state index contributed by atoms with van der Waals surface area (Å²) in [6.07, 6.45) is 1.78. The zero-order valence-electron chi connectivity index (χ0n) is 16.2. The molecule has 142 valence electrons. The highest BCUT2D eigenvalue weighted by molar-refractivity contribution is 5.98. The van der Waals surface area contributed by atoms with Crippen LogP contribution in [0.15, 0.2) is 67.2 Å². The molecule has 0 N–H and O–H groups in total. The van der Waals surface area contributed by atoms with Gasteiger partial charge < -0.3 is 14.2 Å². The van der Waals surface area contributed by atoms with Crippen molar-refractivity contribution in [3.05, 3.63) is 78.4 Å². The second-order valence-electron chi connectivity index (χ2n) is 6.14. The lowest BCUT2D eigenvalue weighted by atomic mass is 9.93. The van der Waals surface area contributed by atoms with E-state index in [0.29, 0.717) is 5.56 Å². The minimum atomic E-state index is -0.382. The van der Waals surface area contributed by atoms with Crippen LogP contribution in [0.3, 0.4) is 0 Å². The maximum Gasteiger partial charge on any atom is 0.338 e. The summed E-state index contributed by atoms with van der Waals surface area (Å²) in [4.78, 5) is 12.3. The van der Waals surface area contributed by atoms with Gasteiger partial charge in [0, 0.05) is 5.56 Å². The van der Waals surface area contributed by atoms with Crippen LogP contribution in [0.25, 0.3) is 28.3 Å². The number of carbonyl (C=O) groups excluding carboxylic acids is 1. The molecule has 0 radical (unpaired) electrons. The molecular formula is C24H22O4. The minimum Gasteiger partial charge on any atom is -0.497 e. The molecule has 4 nitrogen and oxygen atoms in total. The van der Waals surface area contributed by atoms with Crippen molar-refractivity contribution in [3.63, 3.8) is 0 Å². The summed E-state index contributed by atoms with van der Waals surface area (Å²) >= 11 is 0. The summed E-state index contributed by atoms with van der Waals surface area (Å²) in [5.41, 5.74) is 4.99. The van der Waals surface area contributed by atoms with Crippen LogP contribution in [0, 0.1) is 0 Å². The Bertz CT molecular complexity index is 1000. The maximum absolute atomic E-state index is 12.3. The molecule has 0 heterocycles. The Hall–Kier alpha value is -3.53. The molecular weight excluding hydrogens is 352 g/mol. The van der Waals surface area contributed by atoms with Crippen LogP contribution in [0.1, 0.15) is 15.9 Å². The number of methoxy groups -OCH3 is 3. The van der Waals surface area contributed by atoms with Crippen molar-refractivity contribution in [2.24, 2.45) is 0 Å². The van der Waals surface area contributed by atoms with Gasteiger partial charge in [0.2, 0.25) is 0 Å². The second kappa shape index (κ2) is 8.44. The van der Waals surface area contributed by atoms with Crippen LogP contribution in [0.4, 0.5) is 0 Å². The smallest absolute Gasteiger partial charge is 0.338 e. The molecule has 0 bridgehead atoms. The minimum absolute atomic E-state index is 0.382. The molecule has 0 aliphatic carbocycles. The fourth-order valence-corrected chi connectivity index (χ4v) is 3.08. The molecule has 0 aliphatic rings. The lowest BCUT2D eigenvalue weighted by molar-refractivity contribution is 0.0601. The van der Waals surface area contributed by atoms with Crippen LogP contribution in [-0.2, 0) is 4.74 Å². The summed E-state index contributed by atoms with van der Waals surface area (Å²) in [6, 6.07) is 19.1. The number of carbonyl (C=O) groups is 1. The van der Waals surface area contributed by atoms with Crippen molar-refractivity contribution in [3.8, 4) is 33.8 Å². The highest BCUT2D eigenvalue weighted by atomic mass is 16.5. The van der Waals surface area contributed by atoms with Crippen LogP contribution in [-0.4, -0.2) is 27.3 Å². The van der Waals surface area contributed by atoms with Crippen molar-refractivity contribution in [2.75, 3.05) is 21.3 Å². The number of hydrogen-bond acceptors (Lipinski definition) is 4. The lowest BCUT2D eigenvalue weighted by Crippen LogP contribution is -2.04. The molecule has 0 aromatic heterocycles. The van der Waals surface area contributed by atoms with Gasteiger partial charge in [0.25, 0.3) is 0 Å². The van der Waals surface area contributed by atoms with Crippen molar-refractivity contribution >= 4 is 12.0 Å². The second-order valence-corrected chi connectivity index (χ2v) is 6.14. The molecule has 0 atom stereocenters. The van der Waals surface area contributed by atoms with E-state index in [0.717, 1.165) is 39.3 Å².